The normalized spacial score (nSPS) is 11.0. The maximum Gasteiger partial charge on any atom is 0.291 e. The lowest BCUT2D eigenvalue weighted by Crippen LogP contribution is -2.11. The van der Waals surface area contributed by atoms with Gasteiger partial charge in [0.2, 0.25) is 0 Å². The molecule has 0 aliphatic rings. The highest BCUT2D eigenvalue weighted by atomic mass is 35.5. The van der Waals surface area contributed by atoms with E-state index in [1.165, 1.54) is 0 Å². The summed E-state index contributed by atoms with van der Waals surface area (Å²) in [5.74, 6) is 1.70. The molecule has 0 aliphatic carbocycles. The van der Waals surface area contributed by atoms with Crippen LogP contribution in [0.1, 0.15) is 47.2 Å². The fraction of sp³-hybridized carbons (Fsp3) is 0.179. The molecular weight excluding hydrogens is 466 g/mol. The second-order valence-corrected chi connectivity index (χ2v) is 9.81. The zero-order valence-corrected chi connectivity index (χ0v) is 20.9. The summed E-state index contributed by atoms with van der Waals surface area (Å²) in [6.45, 7) is 6.56. The predicted molar refractivity (Wildman–Crippen MR) is 138 cm³/mol. The van der Waals surface area contributed by atoms with Gasteiger partial charge in [-0.1, -0.05) is 61.5 Å². The van der Waals surface area contributed by atoms with Crippen molar-refractivity contribution in [1.82, 2.24) is 0 Å². The number of carbonyl (C=O) groups is 1. The summed E-state index contributed by atoms with van der Waals surface area (Å²) < 4.78 is 11.8. The van der Waals surface area contributed by atoms with Crippen LogP contribution >= 0.6 is 23.4 Å². The molecule has 6 heteroatoms. The minimum Gasteiger partial charge on any atom is -0.485 e. The van der Waals surface area contributed by atoms with Crippen LogP contribution in [0.4, 0.5) is 5.69 Å². The minimum absolute atomic E-state index is 0.234. The topological polar surface area (TPSA) is 51.5 Å². The van der Waals surface area contributed by atoms with Crippen LogP contribution in [-0.4, -0.2) is 5.91 Å². The first-order valence-electron chi connectivity index (χ1n) is 11.0. The molecule has 4 nitrogen and oxygen atoms in total. The molecule has 0 fully saturated rings. The molecule has 0 spiro atoms. The number of amides is 1. The molecule has 0 atom stereocenters. The Kier molecular flexibility index (Phi) is 7.66. The lowest BCUT2D eigenvalue weighted by Gasteiger charge is -2.14. The molecule has 1 amide bonds. The van der Waals surface area contributed by atoms with Crippen LogP contribution in [0.2, 0.25) is 5.02 Å². The van der Waals surface area contributed by atoms with Crippen LogP contribution in [0.3, 0.4) is 0 Å². The molecule has 1 aromatic heterocycles. The van der Waals surface area contributed by atoms with E-state index in [2.05, 4.69) is 31.3 Å². The van der Waals surface area contributed by atoms with Gasteiger partial charge >= 0.3 is 0 Å². The summed E-state index contributed by atoms with van der Waals surface area (Å²) in [6.07, 6.45) is 0. The third kappa shape index (κ3) is 6.04. The van der Waals surface area contributed by atoms with Gasteiger partial charge in [-0.15, -0.1) is 0 Å². The van der Waals surface area contributed by atoms with Crippen LogP contribution < -0.4 is 10.1 Å². The Bertz CT molecular complexity index is 1280. The summed E-state index contributed by atoms with van der Waals surface area (Å²) in [5, 5.41) is 3.64. The standard InChI is InChI=1S/C28H26ClNO3S/c1-18(2)23-14-8-19(3)16-26(23)32-17-21-11-15-25(33-21)28(31)30-24-6-4-5-7-27(24)34-22-12-9-20(29)10-13-22/h4-16,18H,17H2,1-3H3,(H,30,31). The lowest BCUT2D eigenvalue weighted by atomic mass is 10.0. The van der Waals surface area contributed by atoms with Crippen molar-refractivity contribution < 1.29 is 13.9 Å². The number of anilines is 1. The quantitative estimate of drug-likeness (QED) is 0.269. The van der Waals surface area contributed by atoms with Crippen molar-refractivity contribution in [3.05, 3.63) is 107 Å². The van der Waals surface area contributed by atoms with Crippen molar-refractivity contribution >= 4 is 35.0 Å². The molecule has 0 saturated heterocycles. The average molecular weight is 492 g/mol. The van der Waals surface area contributed by atoms with Crippen molar-refractivity contribution in [1.29, 1.82) is 0 Å². The van der Waals surface area contributed by atoms with E-state index >= 15 is 0 Å². The second kappa shape index (κ2) is 10.9. The first-order valence-corrected chi connectivity index (χ1v) is 12.2. The molecular formula is C28H26ClNO3S. The Labute approximate surface area is 209 Å². The van der Waals surface area contributed by atoms with Gasteiger partial charge in [0.15, 0.2) is 5.76 Å². The monoisotopic (exact) mass is 491 g/mol. The summed E-state index contributed by atoms with van der Waals surface area (Å²) in [5.41, 5.74) is 2.99. The molecule has 0 radical (unpaired) electrons. The van der Waals surface area contributed by atoms with E-state index < -0.39 is 0 Å². The maximum atomic E-state index is 12.9. The van der Waals surface area contributed by atoms with Gasteiger partial charge < -0.3 is 14.5 Å². The van der Waals surface area contributed by atoms with Gasteiger partial charge in [-0.3, -0.25) is 4.79 Å². The summed E-state index contributed by atoms with van der Waals surface area (Å²) in [4.78, 5) is 14.8. The highest BCUT2D eigenvalue weighted by molar-refractivity contribution is 7.99. The van der Waals surface area contributed by atoms with E-state index in [0.29, 0.717) is 22.4 Å². The number of benzene rings is 3. The first kappa shape index (κ1) is 24.0. The Balaban J connectivity index is 1.43. The summed E-state index contributed by atoms with van der Waals surface area (Å²) in [7, 11) is 0. The van der Waals surface area contributed by atoms with Gasteiger partial charge in [0, 0.05) is 14.8 Å². The minimum atomic E-state index is -0.311. The lowest BCUT2D eigenvalue weighted by molar-refractivity contribution is 0.0992. The summed E-state index contributed by atoms with van der Waals surface area (Å²) in [6, 6.07) is 24.9. The Morgan fingerprint density at radius 3 is 2.56 bits per heavy atom. The zero-order chi connectivity index (χ0) is 24.1. The van der Waals surface area contributed by atoms with Crippen molar-refractivity contribution in [2.24, 2.45) is 0 Å². The van der Waals surface area contributed by atoms with Gasteiger partial charge in [-0.05, 0) is 78.6 Å². The first-order chi connectivity index (χ1) is 16.4. The average Bonchev–Trinajstić information content (AvgIpc) is 3.29. The van der Waals surface area contributed by atoms with Crippen molar-refractivity contribution in [3.63, 3.8) is 0 Å². The molecule has 1 heterocycles. The van der Waals surface area contributed by atoms with Crippen molar-refractivity contribution in [3.8, 4) is 5.75 Å². The van der Waals surface area contributed by atoms with Crippen LogP contribution in [-0.2, 0) is 6.61 Å². The van der Waals surface area contributed by atoms with Crippen molar-refractivity contribution in [2.75, 3.05) is 5.32 Å². The van der Waals surface area contributed by atoms with E-state index in [-0.39, 0.29) is 18.3 Å². The molecule has 1 N–H and O–H groups in total. The largest absolute Gasteiger partial charge is 0.485 e. The number of hydrogen-bond acceptors (Lipinski definition) is 4. The van der Waals surface area contributed by atoms with Crippen LogP contribution in [0.15, 0.2) is 93.1 Å². The number of rotatable bonds is 8. The van der Waals surface area contributed by atoms with Crippen molar-refractivity contribution in [2.45, 2.75) is 43.1 Å². The van der Waals surface area contributed by atoms with E-state index in [1.54, 1.807) is 23.9 Å². The van der Waals surface area contributed by atoms with Crippen LogP contribution in [0.5, 0.6) is 5.75 Å². The van der Waals surface area contributed by atoms with Crippen LogP contribution in [0, 0.1) is 6.92 Å². The van der Waals surface area contributed by atoms with E-state index in [1.807, 2.05) is 61.5 Å². The van der Waals surface area contributed by atoms with Gasteiger partial charge in [0.1, 0.15) is 18.1 Å². The van der Waals surface area contributed by atoms with Gasteiger partial charge in [-0.25, -0.2) is 0 Å². The maximum absolute atomic E-state index is 12.9. The number of ether oxygens (including phenoxy) is 1. The smallest absolute Gasteiger partial charge is 0.291 e. The molecule has 0 saturated carbocycles. The molecule has 0 aliphatic heterocycles. The van der Waals surface area contributed by atoms with E-state index in [4.69, 9.17) is 20.8 Å². The van der Waals surface area contributed by atoms with Gasteiger partial charge in [-0.2, -0.15) is 0 Å². The number of aryl methyl sites for hydroxylation is 1. The van der Waals surface area contributed by atoms with Gasteiger partial charge in [0.25, 0.3) is 5.91 Å². The highest BCUT2D eigenvalue weighted by Crippen LogP contribution is 2.34. The highest BCUT2D eigenvalue weighted by Gasteiger charge is 2.15. The summed E-state index contributed by atoms with van der Waals surface area (Å²) >= 11 is 7.54. The van der Waals surface area contributed by atoms with Gasteiger partial charge in [0.05, 0.1) is 5.69 Å². The Hall–Kier alpha value is -3.15. The number of nitrogens with one attached hydrogen (secondary N) is 1. The zero-order valence-electron chi connectivity index (χ0n) is 19.3. The molecule has 0 unspecified atom stereocenters. The number of carbonyl (C=O) groups excluding carboxylic acids is 1. The third-order valence-corrected chi connectivity index (χ3v) is 6.56. The fourth-order valence-electron chi connectivity index (χ4n) is 3.44. The SMILES string of the molecule is Cc1ccc(C(C)C)c(OCc2ccc(C(=O)Nc3ccccc3Sc3ccc(Cl)cc3)o2)c1. The predicted octanol–water partition coefficient (Wildman–Crippen LogP) is 8.35. The molecule has 0 bridgehead atoms. The molecule has 3 aromatic carbocycles. The Morgan fingerprint density at radius 1 is 1.03 bits per heavy atom. The van der Waals surface area contributed by atoms with Crippen LogP contribution in [0.25, 0.3) is 0 Å². The number of furan rings is 1. The molecule has 4 aromatic rings. The Morgan fingerprint density at radius 2 is 1.79 bits per heavy atom. The second-order valence-electron chi connectivity index (χ2n) is 8.26. The van der Waals surface area contributed by atoms with E-state index in [0.717, 1.165) is 26.7 Å². The molecule has 34 heavy (non-hydrogen) atoms. The van der Waals surface area contributed by atoms with E-state index in [9.17, 15) is 4.79 Å². The third-order valence-electron chi connectivity index (χ3n) is 5.22. The number of hydrogen-bond donors (Lipinski definition) is 1. The molecule has 4 rings (SSSR count). The molecule has 174 valence electrons. The number of halogens is 1. The fourth-order valence-corrected chi connectivity index (χ4v) is 4.47. The number of para-hydroxylation sites is 1.